The number of hydrogen-bond donors (Lipinski definition) is 0. The molecular formula is C27H22ClNO4. The first kappa shape index (κ1) is 22.4. The van der Waals surface area contributed by atoms with Gasteiger partial charge in [0.1, 0.15) is 12.4 Å². The highest BCUT2D eigenvalue weighted by Gasteiger charge is 2.38. The molecule has 1 heterocycles. The highest BCUT2D eigenvalue weighted by Crippen LogP contribution is 2.37. The standard InChI is InChI=1S/C27H22ClNO4/c1-18-25(27(31)32-2)23(26(30)29(18)22-13-8-12-21(28)16-22)15-20-11-6-7-14-24(20)33-17-19-9-4-3-5-10-19/h3-16H,17H2,1-2H3/b23-15-. The van der Waals surface area contributed by atoms with Gasteiger partial charge in [0, 0.05) is 16.3 Å². The predicted octanol–water partition coefficient (Wildman–Crippen LogP) is 5.80. The molecule has 0 bridgehead atoms. The first-order valence-electron chi connectivity index (χ1n) is 10.4. The maximum atomic E-state index is 13.5. The van der Waals surface area contributed by atoms with Gasteiger partial charge in [0.05, 0.1) is 23.9 Å². The number of amides is 1. The van der Waals surface area contributed by atoms with Crippen LogP contribution in [0.3, 0.4) is 0 Å². The average Bonchev–Trinajstić information content (AvgIpc) is 3.07. The van der Waals surface area contributed by atoms with E-state index in [0.717, 1.165) is 5.56 Å². The van der Waals surface area contributed by atoms with Gasteiger partial charge in [-0.1, -0.05) is 66.2 Å². The maximum absolute atomic E-state index is 13.5. The molecular weight excluding hydrogens is 438 g/mol. The highest BCUT2D eigenvalue weighted by atomic mass is 35.5. The molecule has 0 saturated heterocycles. The van der Waals surface area contributed by atoms with Crippen LogP contribution in [0.15, 0.2) is 95.7 Å². The Balaban J connectivity index is 1.74. The topological polar surface area (TPSA) is 55.8 Å². The monoisotopic (exact) mass is 459 g/mol. The Morgan fingerprint density at radius 1 is 1.00 bits per heavy atom. The van der Waals surface area contributed by atoms with Crippen molar-refractivity contribution < 1.29 is 19.1 Å². The minimum absolute atomic E-state index is 0.209. The van der Waals surface area contributed by atoms with Crippen molar-refractivity contribution in [3.63, 3.8) is 0 Å². The highest BCUT2D eigenvalue weighted by molar-refractivity contribution is 6.31. The number of hydrogen-bond acceptors (Lipinski definition) is 4. The molecule has 0 radical (unpaired) electrons. The Morgan fingerprint density at radius 3 is 2.45 bits per heavy atom. The summed E-state index contributed by atoms with van der Waals surface area (Å²) in [4.78, 5) is 27.6. The van der Waals surface area contributed by atoms with Crippen molar-refractivity contribution in [2.24, 2.45) is 0 Å². The van der Waals surface area contributed by atoms with E-state index in [1.165, 1.54) is 12.0 Å². The molecule has 4 rings (SSSR count). The van der Waals surface area contributed by atoms with E-state index in [9.17, 15) is 9.59 Å². The van der Waals surface area contributed by atoms with Crippen molar-refractivity contribution in [1.29, 1.82) is 0 Å². The molecule has 3 aromatic rings. The molecule has 166 valence electrons. The van der Waals surface area contributed by atoms with Crippen LogP contribution in [0.2, 0.25) is 5.02 Å². The van der Waals surface area contributed by atoms with E-state index in [0.29, 0.717) is 34.3 Å². The molecule has 0 aliphatic carbocycles. The lowest BCUT2D eigenvalue weighted by molar-refractivity contribution is -0.136. The maximum Gasteiger partial charge on any atom is 0.340 e. The third kappa shape index (κ3) is 4.69. The number of ether oxygens (including phenoxy) is 2. The van der Waals surface area contributed by atoms with Gasteiger partial charge >= 0.3 is 5.97 Å². The van der Waals surface area contributed by atoms with Crippen LogP contribution in [0.1, 0.15) is 18.1 Å². The Bertz CT molecular complexity index is 1260. The fourth-order valence-electron chi connectivity index (χ4n) is 3.73. The number of benzene rings is 3. The number of allylic oxidation sites excluding steroid dienone is 1. The predicted molar refractivity (Wildman–Crippen MR) is 129 cm³/mol. The van der Waals surface area contributed by atoms with Gasteiger partial charge in [-0.15, -0.1) is 0 Å². The SMILES string of the molecule is COC(=O)C1=C(C)N(c2cccc(Cl)c2)C(=O)/C1=C\c1ccccc1OCc1ccccc1. The molecule has 0 saturated carbocycles. The zero-order valence-electron chi connectivity index (χ0n) is 18.2. The van der Waals surface area contributed by atoms with Crippen LogP contribution in [-0.2, 0) is 20.9 Å². The molecule has 0 atom stereocenters. The van der Waals surface area contributed by atoms with Crippen molar-refractivity contribution >= 4 is 35.2 Å². The lowest BCUT2D eigenvalue weighted by atomic mass is 10.0. The first-order valence-corrected chi connectivity index (χ1v) is 10.7. The smallest absolute Gasteiger partial charge is 0.340 e. The van der Waals surface area contributed by atoms with Crippen molar-refractivity contribution in [3.05, 3.63) is 112 Å². The number of halogens is 1. The third-order valence-corrected chi connectivity index (χ3v) is 5.55. The van der Waals surface area contributed by atoms with Crippen LogP contribution in [0.5, 0.6) is 5.75 Å². The van der Waals surface area contributed by atoms with Gasteiger partial charge in [-0.3, -0.25) is 9.69 Å². The van der Waals surface area contributed by atoms with E-state index in [-0.39, 0.29) is 17.1 Å². The summed E-state index contributed by atoms with van der Waals surface area (Å²) in [5.74, 6) is -0.322. The number of methoxy groups -OCH3 is 1. The second-order valence-corrected chi connectivity index (χ2v) is 7.88. The van der Waals surface area contributed by atoms with E-state index < -0.39 is 5.97 Å². The minimum Gasteiger partial charge on any atom is -0.488 e. The second kappa shape index (κ2) is 9.76. The summed E-state index contributed by atoms with van der Waals surface area (Å²) in [5.41, 5.74) is 3.19. The van der Waals surface area contributed by atoms with Crippen molar-refractivity contribution in [1.82, 2.24) is 0 Å². The lowest BCUT2D eigenvalue weighted by Crippen LogP contribution is -2.24. The van der Waals surface area contributed by atoms with Crippen LogP contribution in [0.25, 0.3) is 6.08 Å². The zero-order chi connectivity index (χ0) is 23.4. The van der Waals surface area contributed by atoms with Crippen molar-refractivity contribution in [3.8, 4) is 5.75 Å². The summed E-state index contributed by atoms with van der Waals surface area (Å²) in [6.45, 7) is 2.09. The lowest BCUT2D eigenvalue weighted by Gasteiger charge is -2.18. The molecule has 3 aromatic carbocycles. The number of rotatable bonds is 6. The fourth-order valence-corrected chi connectivity index (χ4v) is 3.91. The average molecular weight is 460 g/mol. The Morgan fingerprint density at radius 2 is 1.73 bits per heavy atom. The largest absolute Gasteiger partial charge is 0.488 e. The minimum atomic E-state index is -0.584. The summed E-state index contributed by atoms with van der Waals surface area (Å²) < 4.78 is 11.0. The molecule has 6 heteroatoms. The van der Waals surface area contributed by atoms with Crippen LogP contribution in [0.4, 0.5) is 5.69 Å². The van der Waals surface area contributed by atoms with Gasteiger partial charge in [0.15, 0.2) is 0 Å². The molecule has 1 amide bonds. The van der Waals surface area contributed by atoms with Gasteiger partial charge in [0.25, 0.3) is 5.91 Å². The Kier molecular flexibility index (Phi) is 6.61. The Hall–Kier alpha value is -3.83. The molecule has 1 aliphatic rings. The van der Waals surface area contributed by atoms with Crippen molar-refractivity contribution in [2.45, 2.75) is 13.5 Å². The zero-order valence-corrected chi connectivity index (χ0v) is 19.0. The second-order valence-electron chi connectivity index (χ2n) is 7.44. The summed E-state index contributed by atoms with van der Waals surface area (Å²) in [6.07, 6.45) is 1.67. The van der Waals surface area contributed by atoms with Gasteiger partial charge in [-0.25, -0.2) is 4.79 Å². The van der Waals surface area contributed by atoms with Gasteiger partial charge in [-0.05, 0) is 42.8 Å². The molecule has 0 fully saturated rings. The number of carbonyl (C=O) groups is 2. The van der Waals surface area contributed by atoms with Crippen LogP contribution in [-0.4, -0.2) is 19.0 Å². The van der Waals surface area contributed by atoms with E-state index in [1.54, 1.807) is 37.3 Å². The van der Waals surface area contributed by atoms with Crippen molar-refractivity contribution in [2.75, 3.05) is 12.0 Å². The van der Waals surface area contributed by atoms with E-state index >= 15 is 0 Å². The number of para-hydroxylation sites is 1. The number of carbonyl (C=O) groups excluding carboxylic acids is 2. The quantitative estimate of drug-likeness (QED) is 0.345. The summed E-state index contributed by atoms with van der Waals surface area (Å²) in [7, 11) is 1.30. The molecule has 5 nitrogen and oxygen atoms in total. The van der Waals surface area contributed by atoms with Gasteiger partial charge in [-0.2, -0.15) is 0 Å². The van der Waals surface area contributed by atoms with E-state index in [1.807, 2.05) is 54.6 Å². The summed E-state index contributed by atoms with van der Waals surface area (Å²) in [5, 5.41) is 0.491. The third-order valence-electron chi connectivity index (χ3n) is 5.31. The number of esters is 1. The molecule has 0 unspecified atom stereocenters. The van der Waals surface area contributed by atoms with Gasteiger partial charge in [0.2, 0.25) is 0 Å². The van der Waals surface area contributed by atoms with E-state index in [2.05, 4.69) is 0 Å². The molecule has 0 aromatic heterocycles. The first-order chi connectivity index (χ1) is 16.0. The molecule has 33 heavy (non-hydrogen) atoms. The number of nitrogens with zero attached hydrogens (tertiary/aromatic N) is 1. The molecule has 0 spiro atoms. The number of anilines is 1. The van der Waals surface area contributed by atoms with Crippen LogP contribution < -0.4 is 9.64 Å². The van der Waals surface area contributed by atoms with E-state index in [4.69, 9.17) is 21.1 Å². The molecule has 0 N–H and O–H groups in total. The molecule has 1 aliphatic heterocycles. The van der Waals surface area contributed by atoms with Gasteiger partial charge < -0.3 is 9.47 Å². The fraction of sp³-hybridized carbons (Fsp3) is 0.111. The summed E-state index contributed by atoms with van der Waals surface area (Å²) in [6, 6.07) is 24.1. The normalized spacial score (nSPS) is 14.7. The Labute approximate surface area is 197 Å². The summed E-state index contributed by atoms with van der Waals surface area (Å²) >= 11 is 6.14. The van der Waals surface area contributed by atoms with Crippen LogP contribution in [0, 0.1) is 0 Å². The van der Waals surface area contributed by atoms with Crippen LogP contribution >= 0.6 is 11.6 Å².